The van der Waals surface area contributed by atoms with Crippen LogP contribution in [-0.2, 0) is 0 Å². The van der Waals surface area contributed by atoms with Crippen molar-refractivity contribution in [3.8, 4) is 0 Å². The molecule has 2 fully saturated rings. The van der Waals surface area contributed by atoms with Crippen molar-refractivity contribution in [2.24, 2.45) is 0 Å². The van der Waals surface area contributed by atoms with Crippen LogP contribution in [0, 0.1) is 0 Å². The van der Waals surface area contributed by atoms with Gasteiger partial charge >= 0.3 is 0 Å². The lowest BCUT2D eigenvalue weighted by Gasteiger charge is -2.43. The van der Waals surface area contributed by atoms with Crippen LogP contribution in [0.5, 0.6) is 0 Å². The molecule has 106 valence electrons. The fraction of sp³-hybridized carbons (Fsp3) is 1.00. The number of hydrogen-bond acceptors (Lipinski definition) is 3. The van der Waals surface area contributed by atoms with Crippen molar-refractivity contribution in [3.05, 3.63) is 0 Å². The summed E-state index contributed by atoms with van der Waals surface area (Å²) in [5, 5.41) is 3.58. The molecule has 2 saturated heterocycles. The van der Waals surface area contributed by atoms with Gasteiger partial charge in [-0.3, -0.25) is 4.90 Å². The second kappa shape index (κ2) is 7.46. The molecule has 1 atom stereocenters. The molecule has 0 spiro atoms. The molecule has 18 heavy (non-hydrogen) atoms. The second-order valence-electron chi connectivity index (χ2n) is 5.90. The fourth-order valence-corrected chi connectivity index (χ4v) is 3.61. The summed E-state index contributed by atoms with van der Waals surface area (Å²) in [6.07, 6.45) is 6.82. The van der Waals surface area contributed by atoms with Gasteiger partial charge in [0.05, 0.1) is 0 Å². The lowest BCUT2D eigenvalue weighted by molar-refractivity contribution is 0.0639. The van der Waals surface area contributed by atoms with E-state index < -0.39 is 0 Å². The van der Waals surface area contributed by atoms with E-state index in [0.29, 0.717) is 0 Å². The summed E-state index contributed by atoms with van der Waals surface area (Å²) in [5.41, 5.74) is 0. The van der Waals surface area contributed by atoms with Gasteiger partial charge in [-0.2, -0.15) is 0 Å². The van der Waals surface area contributed by atoms with Crippen molar-refractivity contribution in [1.82, 2.24) is 15.1 Å². The first kappa shape index (κ1) is 14.3. The van der Waals surface area contributed by atoms with Crippen LogP contribution in [0.1, 0.15) is 46.0 Å². The third-order valence-corrected chi connectivity index (χ3v) is 4.70. The van der Waals surface area contributed by atoms with Crippen LogP contribution in [-0.4, -0.2) is 61.2 Å². The summed E-state index contributed by atoms with van der Waals surface area (Å²) < 4.78 is 0. The smallest absolute Gasteiger partial charge is 0.0224 e. The van der Waals surface area contributed by atoms with Crippen LogP contribution in [0.25, 0.3) is 0 Å². The van der Waals surface area contributed by atoms with Crippen LogP contribution >= 0.6 is 0 Å². The molecule has 2 aliphatic rings. The maximum Gasteiger partial charge on any atom is 0.0224 e. The SMILES string of the molecule is CCCN(C1CCN(CC)CC1)C1CCCNC1. The van der Waals surface area contributed by atoms with Crippen LogP contribution in [0.2, 0.25) is 0 Å². The number of rotatable bonds is 5. The van der Waals surface area contributed by atoms with E-state index in [9.17, 15) is 0 Å². The van der Waals surface area contributed by atoms with E-state index in [0.717, 1.165) is 12.1 Å². The van der Waals surface area contributed by atoms with Gasteiger partial charge in [-0.15, -0.1) is 0 Å². The molecule has 2 heterocycles. The monoisotopic (exact) mass is 253 g/mol. The number of nitrogens with zero attached hydrogens (tertiary/aromatic N) is 2. The highest BCUT2D eigenvalue weighted by molar-refractivity contribution is 4.86. The quantitative estimate of drug-likeness (QED) is 0.808. The standard InChI is InChI=1S/C15H31N3/c1-3-10-18(15-6-5-9-16-13-15)14-7-11-17(4-2)12-8-14/h14-16H,3-13H2,1-2H3. The zero-order valence-corrected chi connectivity index (χ0v) is 12.3. The molecule has 1 N–H and O–H groups in total. The number of hydrogen-bond donors (Lipinski definition) is 1. The van der Waals surface area contributed by atoms with E-state index in [-0.39, 0.29) is 0 Å². The Morgan fingerprint density at radius 1 is 1.11 bits per heavy atom. The van der Waals surface area contributed by atoms with Crippen LogP contribution in [0.4, 0.5) is 0 Å². The zero-order chi connectivity index (χ0) is 12.8. The summed E-state index contributed by atoms with van der Waals surface area (Å²) in [5.74, 6) is 0. The molecule has 0 aliphatic carbocycles. The highest BCUT2D eigenvalue weighted by Crippen LogP contribution is 2.22. The summed E-state index contributed by atoms with van der Waals surface area (Å²) in [4.78, 5) is 5.43. The van der Waals surface area contributed by atoms with Crippen molar-refractivity contribution >= 4 is 0 Å². The minimum Gasteiger partial charge on any atom is -0.315 e. The number of likely N-dealkylation sites (tertiary alicyclic amines) is 1. The molecule has 1 unspecified atom stereocenters. The molecule has 0 amide bonds. The molecule has 0 aromatic rings. The summed E-state index contributed by atoms with van der Waals surface area (Å²) >= 11 is 0. The molecule has 0 saturated carbocycles. The van der Waals surface area contributed by atoms with Crippen LogP contribution in [0.3, 0.4) is 0 Å². The summed E-state index contributed by atoms with van der Waals surface area (Å²) in [6, 6.07) is 1.65. The topological polar surface area (TPSA) is 18.5 Å². The van der Waals surface area contributed by atoms with Gasteiger partial charge in [0.25, 0.3) is 0 Å². The molecular weight excluding hydrogens is 222 g/mol. The van der Waals surface area contributed by atoms with Gasteiger partial charge < -0.3 is 10.2 Å². The average molecular weight is 253 g/mol. The van der Waals surface area contributed by atoms with Crippen molar-refractivity contribution in [3.63, 3.8) is 0 Å². The third kappa shape index (κ3) is 3.69. The molecule has 0 aromatic heterocycles. The van der Waals surface area contributed by atoms with Gasteiger partial charge in [0, 0.05) is 18.6 Å². The Bertz CT molecular complexity index is 218. The molecule has 0 aromatic carbocycles. The fourth-order valence-electron chi connectivity index (χ4n) is 3.61. The predicted molar refractivity (Wildman–Crippen MR) is 78.0 cm³/mol. The maximum atomic E-state index is 3.58. The normalized spacial score (nSPS) is 27.8. The van der Waals surface area contributed by atoms with Gasteiger partial charge in [0.15, 0.2) is 0 Å². The average Bonchev–Trinajstić information content (AvgIpc) is 2.46. The van der Waals surface area contributed by atoms with Gasteiger partial charge in [0.1, 0.15) is 0 Å². The van der Waals surface area contributed by atoms with Crippen molar-refractivity contribution in [1.29, 1.82) is 0 Å². The molecule has 2 rings (SSSR count). The van der Waals surface area contributed by atoms with Gasteiger partial charge in [-0.25, -0.2) is 0 Å². The van der Waals surface area contributed by atoms with Gasteiger partial charge in [0.2, 0.25) is 0 Å². The Morgan fingerprint density at radius 2 is 1.89 bits per heavy atom. The summed E-state index contributed by atoms with van der Waals surface area (Å²) in [6.45, 7) is 12.2. The van der Waals surface area contributed by atoms with E-state index in [2.05, 4.69) is 29.0 Å². The first-order chi connectivity index (χ1) is 8.85. The molecule has 0 radical (unpaired) electrons. The van der Waals surface area contributed by atoms with E-state index in [1.165, 1.54) is 71.4 Å². The Balaban J connectivity index is 1.88. The number of piperidine rings is 2. The van der Waals surface area contributed by atoms with E-state index >= 15 is 0 Å². The maximum absolute atomic E-state index is 3.58. The molecule has 0 bridgehead atoms. The lowest BCUT2D eigenvalue weighted by atomic mass is 9.97. The highest BCUT2D eigenvalue weighted by atomic mass is 15.2. The molecule has 2 aliphatic heterocycles. The second-order valence-corrected chi connectivity index (χ2v) is 5.90. The van der Waals surface area contributed by atoms with E-state index in [1.807, 2.05) is 0 Å². The predicted octanol–water partition coefficient (Wildman–Crippen LogP) is 1.93. The van der Waals surface area contributed by atoms with Crippen molar-refractivity contribution in [2.75, 3.05) is 39.3 Å². The lowest BCUT2D eigenvalue weighted by Crippen LogP contribution is -2.53. The van der Waals surface area contributed by atoms with Crippen molar-refractivity contribution in [2.45, 2.75) is 58.0 Å². The number of nitrogens with one attached hydrogen (secondary N) is 1. The highest BCUT2D eigenvalue weighted by Gasteiger charge is 2.29. The minimum atomic E-state index is 0.803. The first-order valence-corrected chi connectivity index (χ1v) is 8.04. The first-order valence-electron chi connectivity index (χ1n) is 8.04. The minimum absolute atomic E-state index is 0.803. The van der Waals surface area contributed by atoms with Crippen LogP contribution < -0.4 is 5.32 Å². The Labute approximate surface area is 113 Å². The zero-order valence-electron chi connectivity index (χ0n) is 12.3. The van der Waals surface area contributed by atoms with Crippen molar-refractivity contribution < 1.29 is 0 Å². The Morgan fingerprint density at radius 3 is 2.44 bits per heavy atom. The molecule has 3 nitrogen and oxygen atoms in total. The third-order valence-electron chi connectivity index (χ3n) is 4.70. The molecule has 3 heteroatoms. The van der Waals surface area contributed by atoms with E-state index in [4.69, 9.17) is 0 Å². The van der Waals surface area contributed by atoms with Gasteiger partial charge in [-0.05, 0) is 64.8 Å². The summed E-state index contributed by atoms with van der Waals surface area (Å²) in [7, 11) is 0. The molecular formula is C15H31N3. The Hall–Kier alpha value is -0.120. The Kier molecular flexibility index (Phi) is 5.93. The van der Waals surface area contributed by atoms with Crippen LogP contribution in [0.15, 0.2) is 0 Å². The van der Waals surface area contributed by atoms with E-state index in [1.54, 1.807) is 0 Å². The van der Waals surface area contributed by atoms with Gasteiger partial charge in [-0.1, -0.05) is 13.8 Å². The largest absolute Gasteiger partial charge is 0.315 e.